The van der Waals surface area contributed by atoms with E-state index in [2.05, 4.69) is 15.6 Å². The van der Waals surface area contributed by atoms with Crippen molar-refractivity contribution in [1.82, 2.24) is 10.6 Å². The van der Waals surface area contributed by atoms with Crippen molar-refractivity contribution < 1.29 is 13.5 Å². The predicted octanol–water partition coefficient (Wildman–Crippen LogP) is 3.95. The number of furan rings is 1. The molecule has 0 spiro atoms. The molecular weight excluding hydrogens is 369 g/mol. The van der Waals surface area contributed by atoms with Crippen molar-refractivity contribution >= 4 is 5.96 Å². The van der Waals surface area contributed by atoms with Gasteiger partial charge in [0.05, 0.1) is 19.9 Å². The molecule has 0 unspecified atom stereocenters. The lowest BCUT2D eigenvalue weighted by atomic mass is 10.1. The van der Waals surface area contributed by atoms with Crippen molar-refractivity contribution in [2.24, 2.45) is 4.99 Å². The van der Waals surface area contributed by atoms with Crippen LogP contribution in [0.4, 0.5) is 4.39 Å². The molecule has 5 nitrogen and oxygen atoms in total. The van der Waals surface area contributed by atoms with Gasteiger partial charge in [-0.3, -0.25) is 0 Å². The molecule has 0 radical (unpaired) electrons. The molecule has 1 heterocycles. The maximum atomic E-state index is 13.8. The van der Waals surface area contributed by atoms with Crippen molar-refractivity contribution in [3.8, 4) is 5.75 Å². The van der Waals surface area contributed by atoms with Crippen LogP contribution in [0.25, 0.3) is 0 Å². The van der Waals surface area contributed by atoms with E-state index in [-0.39, 0.29) is 5.82 Å². The molecule has 2 N–H and O–H groups in total. The van der Waals surface area contributed by atoms with Gasteiger partial charge in [0.2, 0.25) is 0 Å². The molecular formula is C23H26FN3O2. The van der Waals surface area contributed by atoms with Crippen LogP contribution in [-0.4, -0.2) is 26.2 Å². The third-order valence-electron chi connectivity index (χ3n) is 4.47. The Morgan fingerprint density at radius 1 is 0.966 bits per heavy atom. The van der Waals surface area contributed by atoms with Gasteiger partial charge >= 0.3 is 0 Å². The number of hydrogen-bond donors (Lipinski definition) is 2. The van der Waals surface area contributed by atoms with E-state index < -0.39 is 0 Å². The standard InChI is InChI=1S/C23H26FN3O2/c1-28-20-10-8-18(9-11-20)17-27-23(26-15-13-21-6-4-16-29-21)25-14-12-19-5-2-3-7-22(19)24/h2-11,16H,12-15,17H2,1H3,(H2,25,26,27). The highest BCUT2D eigenvalue weighted by atomic mass is 19.1. The van der Waals surface area contributed by atoms with Crippen LogP contribution < -0.4 is 15.4 Å². The van der Waals surface area contributed by atoms with Crippen LogP contribution in [0, 0.1) is 5.82 Å². The fourth-order valence-electron chi connectivity index (χ4n) is 2.85. The lowest BCUT2D eigenvalue weighted by Crippen LogP contribution is -2.39. The Morgan fingerprint density at radius 2 is 1.72 bits per heavy atom. The summed E-state index contributed by atoms with van der Waals surface area (Å²) in [6, 6.07) is 18.5. The molecule has 0 bridgehead atoms. The van der Waals surface area contributed by atoms with Gasteiger partial charge in [0.25, 0.3) is 0 Å². The van der Waals surface area contributed by atoms with Crippen LogP contribution in [0.5, 0.6) is 5.75 Å². The molecule has 152 valence electrons. The largest absolute Gasteiger partial charge is 0.497 e. The van der Waals surface area contributed by atoms with Gasteiger partial charge in [0.1, 0.15) is 17.3 Å². The Labute approximate surface area is 170 Å². The van der Waals surface area contributed by atoms with E-state index >= 15 is 0 Å². The summed E-state index contributed by atoms with van der Waals surface area (Å²) in [5.41, 5.74) is 1.76. The Balaban J connectivity index is 1.57. The molecule has 0 atom stereocenters. The molecule has 0 saturated carbocycles. The van der Waals surface area contributed by atoms with Gasteiger partial charge in [-0.15, -0.1) is 0 Å². The third-order valence-corrected chi connectivity index (χ3v) is 4.47. The Kier molecular flexibility index (Phi) is 7.69. The topological polar surface area (TPSA) is 58.8 Å². The van der Waals surface area contributed by atoms with Crippen molar-refractivity contribution in [3.63, 3.8) is 0 Å². The average molecular weight is 395 g/mol. The van der Waals surface area contributed by atoms with E-state index in [1.165, 1.54) is 6.07 Å². The number of rotatable bonds is 9. The number of halogens is 1. The van der Waals surface area contributed by atoms with Crippen molar-refractivity contribution in [3.05, 3.63) is 89.6 Å². The first-order valence-corrected chi connectivity index (χ1v) is 9.65. The minimum Gasteiger partial charge on any atom is -0.497 e. The van der Waals surface area contributed by atoms with E-state index in [1.807, 2.05) is 42.5 Å². The van der Waals surface area contributed by atoms with Gasteiger partial charge in [-0.05, 0) is 47.9 Å². The van der Waals surface area contributed by atoms with E-state index in [0.29, 0.717) is 37.6 Å². The van der Waals surface area contributed by atoms with Gasteiger partial charge in [-0.1, -0.05) is 30.3 Å². The minimum absolute atomic E-state index is 0.184. The lowest BCUT2D eigenvalue weighted by Gasteiger charge is -2.13. The van der Waals surface area contributed by atoms with E-state index in [4.69, 9.17) is 9.15 Å². The Morgan fingerprint density at radius 3 is 2.41 bits per heavy atom. The molecule has 1 aromatic heterocycles. The normalized spacial score (nSPS) is 11.3. The second kappa shape index (κ2) is 10.9. The molecule has 3 aromatic rings. The molecule has 0 aliphatic heterocycles. The number of nitrogens with one attached hydrogen (secondary N) is 2. The highest BCUT2D eigenvalue weighted by Crippen LogP contribution is 2.12. The fourth-order valence-corrected chi connectivity index (χ4v) is 2.85. The second-order valence-electron chi connectivity index (χ2n) is 6.54. The number of benzene rings is 2. The number of hydrogen-bond acceptors (Lipinski definition) is 3. The molecule has 0 fully saturated rings. The lowest BCUT2D eigenvalue weighted by molar-refractivity contribution is 0.414. The van der Waals surface area contributed by atoms with Crippen molar-refractivity contribution in [2.75, 3.05) is 20.2 Å². The molecule has 0 amide bonds. The summed E-state index contributed by atoms with van der Waals surface area (Å²) in [4.78, 5) is 4.65. The quantitative estimate of drug-likeness (QED) is 0.426. The van der Waals surface area contributed by atoms with Crippen LogP contribution >= 0.6 is 0 Å². The number of ether oxygens (including phenoxy) is 1. The van der Waals surface area contributed by atoms with Crippen LogP contribution in [-0.2, 0) is 19.4 Å². The first-order chi connectivity index (χ1) is 14.2. The monoisotopic (exact) mass is 395 g/mol. The third kappa shape index (κ3) is 6.68. The molecule has 3 rings (SSSR count). The smallest absolute Gasteiger partial charge is 0.191 e. The molecule has 2 aromatic carbocycles. The summed E-state index contributed by atoms with van der Waals surface area (Å²) < 4.78 is 24.4. The minimum atomic E-state index is -0.184. The number of guanidine groups is 1. The van der Waals surface area contributed by atoms with Crippen LogP contribution in [0.2, 0.25) is 0 Å². The Bertz CT molecular complexity index is 893. The Hall–Kier alpha value is -3.28. The zero-order valence-electron chi connectivity index (χ0n) is 16.5. The summed E-state index contributed by atoms with van der Waals surface area (Å²) in [6.45, 7) is 1.79. The number of methoxy groups -OCH3 is 1. The number of aliphatic imine (C=N–C) groups is 1. The summed E-state index contributed by atoms with van der Waals surface area (Å²) in [7, 11) is 1.65. The molecule has 0 saturated heterocycles. The van der Waals surface area contributed by atoms with Gasteiger partial charge in [0.15, 0.2) is 5.96 Å². The average Bonchev–Trinajstić information content (AvgIpc) is 3.27. The van der Waals surface area contributed by atoms with Crippen LogP contribution in [0.1, 0.15) is 16.9 Å². The van der Waals surface area contributed by atoms with E-state index in [0.717, 1.165) is 23.5 Å². The van der Waals surface area contributed by atoms with E-state index in [9.17, 15) is 4.39 Å². The van der Waals surface area contributed by atoms with Gasteiger partial charge in [-0.25, -0.2) is 9.38 Å². The molecule has 0 aliphatic rings. The summed E-state index contributed by atoms with van der Waals surface area (Å²) >= 11 is 0. The van der Waals surface area contributed by atoms with Gasteiger partial charge in [0, 0.05) is 19.5 Å². The van der Waals surface area contributed by atoms with Gasteiger partial charge in [-0.2, -0.15) is 0 Å². The van der Waals surface area contributed by atoms with Crippen molar-refractivity contribution in [2.45, 2.75) is 19.4 Å². The SMILES string of the molecule is COc1ccc(CN=C(NCCc2ccco2)NCCc2ccccc2F)cc1. The first-order valence-electron chi connectivity index (χ1n) is 9.65. The summed E-state index contributed by atoms with van der Waals surface area (Å²) in [5.74, 6) is 2.23. The summed E-state index contributed by atoms with van der Waals surface area (Å²) in [6.07, 6.45) is 3.00. The maximum Gasteiger partial charge on any atom is 0.191 e. The van der Waals surface area contributed by atoms with Crippen LogP contribution in [0.15, 0.2) is 76.3 Å². The zero-order valence-corrected chi connectivity index (χ0v) is 16.5. The van der Waals surface area contributed by atoms with Crippen molar-refractivity contribution in [1.29, 1.82) is 0 Å². The fraction of sp³-hybridized carbons (Fsp3) is 0.261. The van der Waals surface area contributed by atoms with Crippen LogP contribution in [0.3, 0.4) is 0 Å². The first kappa shape index (κ1) is 20.5. The second-order valence-corrected chi connectivity index (χ2v) is 6.54. The van der Waals surface area contributed by atoms with Gasteiger partial charge < -0.3 is 19.8 Å². The molecule has 29 heavy (non-hydrogen) atoms. The predicted molar refractivity (Wildman–Crippen MR) is 113 cm³/mol. The van der Waals surface area contributed by atoms with E-state index in [1.54, 1.807) is 25.5 Å². The highest BCUT2D eigenvalue weighted by Gasteiger charge is 2.04. The zero-order chi connectivity index (χ0) is 20.3. The maximum absolute atomic E-state index is 13.8. The molecule has 6 heteroatoms. The molecule has 0 aliphatic carbocycles. The number of nitrogens with zero attached hydrogens (tertiary/aromatic N) is 1. The highest BCUT2D eigenvalue weighted by molar-refractivity contribution is 5.79. The summed E-state index contributed by atoms with van der Waals surface area (Å²) in [5, 5.41) is 6.60.